The van der Waals surface area contributed by atoms with Crippen LogP contribution >= 0.6 is 0 Å². The number of para-hydroxylation sites is 1. The van der Waals surface area contributed by atoms with Crippen molar-refractivity contribution < 1.29 is 14.7 Å². The number of likely N-dealkylation sites (N-methyl/N-ethyl adjacent to an activating group) is 1. The first-order valence-electron chi connectivity index (χ1n) is 9.38. The molecule has 0 radical (unpaired) electrons. The van der Waals surface area contributed by atoms with Gasteiger partial charge in [-0.25, -0.2) is 5.01 Å². The maximum atomic E-state index is 12.8. The molecule has 0 aromatic heterocycles. The summed E-state index contributed by atoms with van der Waals surface area (Å²) in [6.07, 6.45) is 3.29. The molecule has 2 aliphatic rings. The maximum Gasteiger partial charge on any atom is 0.249 e. The van der Waals surface area contributed by atoms with Crippen molar-refractivity contribution in [3.8, 4) is 0 Å². The monoisotopic (exact) mass is 377 g/mol. The van der Waals surface area contributed by atoms with Gasteiger partial charge in [0.1, 0.15) is 6.04 Å². The molecule has 0 spiro atoms. The predicted molar refractivity (Wildman–Crippen MR) is 106 cm³/mol. The molecule has 0 aliphatic carbocycles. The molecular weight excluding hydrogens is 354 g/mol. The lowest BCUT2D eigenvalue weighted by molar-refractivity contribution is -0.138. The van der Waals surface area contributed by atoms with E-state index in [1.165, 1.54) is 11.9 Å². The highest BCUT2D eigenvalue weighted by Gasteiger charge is 2.52. The first-order chi connectivity index (χ1) is 13.6. The lowest BCUT2D eigenvalue weighted by Gasteiger charge is -2.40. The first-order valence-corrected chi connectivity index (χ1v) is 9.38. The van der Waals surface area contributed by atoms with Crippen molar-refractivity contribution in [2.75, 3.05) is 12.5 Å². The Balaban J connectivity index is 1.65. The van der Waals surface area contributed by atoms with Crippen molar-refractivity contribution in [2.24, 2.45) is 5.92 Å². The number of fused-ring (bicyclic) bond motifs is 1. The van der Waals surface area contributed by atoms with E-state index < -0.39 is 24.1 Å². The molecule has 0 bridgehead atoms. The lowest BCUT2D eigenvalue weighted by Crippen LogP contribution is -2.57. The molecule has 6 heteroatoms. The molecule has 4 unspecified atom stereocenters. The number of hydrogen-bond acceptors (Lipinski definition) is 5. The van der Waals surface area contributed by atoms with Gasteiger partial charge < -0.3 is 10.5 Å². The van der Waals surface area contributed by atoms with Gasteiger partial charge in [0, 0.05) is 19.2 Å². The molecule has 2 aliphatic heterocycles. The number of imide groups is 1. The standard InChI is InChI=1S/C22H23N3O3/c1-24-21(27)17-12-13-18(19(26)14-15-8-4-2-5-9-15)25(20(17)22(24)28)23-16-10-6-3-7-11-16/h2-13,17-20,23,26H,14H2,1H3. The minimum Gasteiger partial charge on any atom is -0.391 e. The van der Waals surface area contributed by atoms with Crippen LogP contribution < -0.4 is 5.43 Å². The van der Waals surface area contributed by atoms with Gasteiger partial charge in [-0.05, 0) is 17.7 Å². The van der Waals surface area contributed by atoms with Crippen molar-refractivity contribution in [3.63, 3.8) is 0 Å². The smallest absolute Gasteiger partial charge is 0.249 e. The SMILES string of the molecule is CN1C(=O)C2C=CC(C(O)Cc3ccccc3)N(Nc3ccccc3)C2C1=O. The molecule has 28 heavy (non-hydrogen) atoms. The second-order valence-corrected chi connectivity index (χ2v) is 7.22. The van der Waals surface area contributed by atoms with Crippen molar-refractivity contribution in [2.45, 2.75) is 24.6 Å². The molecule has 2 aromatic rings. The van der Waals surface area contributed by atoms with Crippen LogP contribution in [0.5, 0.6) is 0 Å². The highest BCUT2D eigenvalue weighted by Crippen LogP contribution is 2.32. The van der Waals surface area contributed by atoms with Crippen LogP contribution in [-0.4, -0.2) is 52.1 Å². The van der Waals surface area contributed by atoms with Gasteiger partial charge in [-0.2, -0.15) is 0 Å². The Kier molecular flexibility index (Phi) is 4.98. The summed E-state index contributed by atoms with van der Waals surface area (Å²) in [5.74, 6) is -1.03. The number of carbonyl (C=O) groups is 2. The van der Waals surface area contributed by atoms with Gasteiger partial charge in [-0.3, -0.25) is 14.5 Å². The molecule has 4 rings (SSSR count). The highest BCUT2D eigenvalue weighted by molar-refractivity contribution is 6.08. The first kappa shape index (κ1) is 18.4. The van der Waals surface area contributed by atoms with E-state index in [2.05, 4.69) is 5.43 Å². The number of aliphatic hydroxyl groups excluding tert-OH is 1. The number of hydrogen-bond donors (Lipinski definition) is 2. The molecule has 144 valence electrons. The second kappa shape index (κ2) is 7.58. The van der Waals surface area contributed by atoms with Crippen molar-refractivity contribution in [3.05, 3.63) is 78.4 Å². The number of hydrazine groups is 1. The predicted octanol–water partition coefficient (Wildman–Crippen LogP) is 1.84. The number of nitrogens with zero attached hydrogens (tertiary/aromatic N) is 2. The van der Waals surface area contributed by atoms with Crippen molar-refractivity contribution in [1.29, 1.82) is 0 Å². The number of nitrogens with one attached hydrogen (secondary N) is 1. The fraction of sp³-hybridized carbons (Fsp3) is 0.273. The summed E-state index contributed by atoms with van der Waals surface area (Å²) in [7, 11) is 1.51. The fourth-order valence-electron chi connectivity index (χ4n) is 3.91. The zero-order valence-electron chi connectivity index (χ0n) is 15.6. The second-order valence-electron chi connectivity index (χ2n) is 7.22. The van der Waals surface area contributed by atoms with Gasteiger partial charge in [-0.15, -0.1) is 0 Å². The summed E-state index contributed by atoms with van der Waals surface area (Å²) >= 11 is 0. The Morgan fingerprint density at radius 2 is 1.61 bits per heavy atom. The average molecular weight is 377 g/mol. The van der Waals surface area contributed by atoms with Crippen LogP contribution in [0.1, 0.15) is 5.56 Å². The Morgan fingerprint density at radius 1 is 0.964 bits per heavy atom. The summed E-state index contributed by atoms with van der Waals surface area (Å²) in [6, 6.07) is 18.1. The van der Waals surface area contributed by atoms with E-state index in [4.69, 9.17) is 0 Å². The normalized spacial score (nSPS) is 25.6. The van der Waals surface area contributed by atoms with Crippen molar-refractivity contribution in [1.82, 2.24) is 9.91 Å². The largest absolute Gasteiger partial charge is 0.391 e. The Morgan fingerprint density at radius 3 is 2.29 bits per heavy atom. The summed E-state index contributed by atoms with van der Waals surface area (Å²) in [4.78, 5) is 26.4. The molecule has 1 saturated heterocycles. The third-order valence-electron chi connectivity index (χ3n) is 5.39. The van der Waals surface area contributed by atoms with Crippen molar-refractivity contribution >= 4 is 17.5 Å². The van der Waals surface area contributed by atoms with E-state index in [1.54, 1.807) is 11.1 Å². The minimum absolute atomic E-state index is 0.220. The Bertz CT molecular complexity index is 884. The van der Waals surface area contributed by atoms with Gasteiger partial charge in [0.15, 0.2) is 0 Å². The van der Waals surface area contributed by atoms with Gasteiger partial charge in [0.05, 0.1) is 18.1 Å². The van der Waals surface area contributed by atoms with Crippen LogP contribution in [0.3, 0.4) is 0 Å². The fourth-order valence-corrected chi connectivity index (χ4v) is 3.91. The zero-order chi connectivity index (χ0) is 19.7. The number of rotatable bonds is 5. The molecule has 2 heterocycles. The van der Waals surface area contributed by atoms with Gasteiger partial charge in [-0.1, -0.05) is 60.7 Å². The van der Waals surface area contributed by atoms with Crippen LogP contribution in [0, 0.1) is 5.92 Å². The molecule has 2 N–H and O–H groups in total. The Hall–Kier alpha value is -2.96. The number of likely N-dealkylation sites (tertiary alicyclic amines) is 1. The summed E-state index contributed by atoms with van der Waals surface area (Å²) < 4.78 is 0. The third-order valence-corrected chi connectivity index (χ3v) is 5.39. The maximum absolute atomic E-state index is 12.8. The topological polar surface area (TPSA) is 72.9 Å². The van der Waals surface area contributed by atoms with E-state index in [0.29, 0.717) is 6.42 Å². The number of aliphatic hydroxyl groups is 1. The van der Waals surface area contributed by atoms with Gasteiger partial charge >= 0.3 is 0 Å². The van der Waals surface area contributed by atoms with Gasteiger partial charge in [0.2, 0.25) is 11.8 Å². The van der Waals surface area contributed by atoms with Crippen LogP contribution in [0.25, 0.3) is 0 Å². The van der Waals surface area contributed by atoms with Crippen LogP contribution in [-0.2, 0) is 16.0 Å². The van der Waals surface area contributed by atoms with E-state index in [-0.39, 0.29) is 11.8 Å². The van der Waals surface area contributed by atoms with E-state index >= 15 is 0 Å². The average Bonchev–Trinajstić information content (AvgIpc) is 2.94. The number of anilines is 1. The highest BCUT2D eigenvalue weighted by atomic mass is 16.3. The third kappa shape index (κ3) is 3.32. The summed E-state index contributed by atoms with van der Waals surface area (Å²) in [6.45, 7) is 0. The molecule has 0 saturated carbocycles. The van der Waals surface area contributed by atoms with Crippen LogP contribution in [0.2, 0.25) is 0 Å². The molecule has 6 nitrogen and oxygen atoms in total. The molecule has 2 amide bonds. The quantitative estimate of drug-likeness (QED) is 0.615. The number of benzene rings is 2. The van der Waals surface area contributed by atoms with Crippen LogP contribution in [0.4, 0.5) is 5.69 Å². The van der Waals surface area contributed by atoms with Crippen LogP contribution in [0.15, 0.2) is 72.8 Å². The number of amides is 2. The minimum atomic E-state index is -0.746. The molecule has 1 fully saturated rings. The molecule has 2 aromatic carbocycles. The lowest BCUT2D eigenvalue weighted by atomic mass is 9.91. The van der Waals surface area contributed by atoms with Gasteiger partial charge in [0.25, 0.3) is 0 Å². The van der Waals surface area contributed by atoms with E-state index in [9.17, 15) is 14.7 Å². The summed E-state index contributed by atoms with van der Waals surface area (Å²) in [5.41, 5.74) is 5.07. The molecule has 4 atom stereocenters. The van der Waals surface area contributed by atoms with E-state index in [0.717, 1.165) is 11.3 Å². The Labute approximate surface area is 164 Å². The zero-order valence-corrected chi connectivity index (χ0v) is 15.6. The number of carbonyl (C=O) groups excluding carboxylic acids is 2. The van der Waals surface area contributed by atoms with E-state index in [1.807, 2.05) is 66.7 Å². The molecular formula is C22H23N3O3. The summed E-state index contributed by atoms with van der Waals surface area (Å²) in [5, 5.41) is 12.7.